The first-order chi connectivity index (χ1) is 18.1. The third kappa shape index (κ3) is 6.19. The van der Waals surface area contributed by atoms with Gasteiger partial charge in [-0.15, -0.1) is 0 Å². The van der Waals surface area contributed by atoms with Crippen molar-refractivity contribution in [2.45, 2.75) is 69.4 Å². The van der Waals surface area contributed by atoms with Gasteiger partial charge in [0.05, 0.1) is 23.8 Å². The van der Waals surface area contributed by atoms with E-state index in [1.807, 2.05) is 49.3 Å². The van der Waals surface area contributed by atoms with Crippen LogP contribution in [0.2, 0.25) is 0 Å². The second-order valence-corrected chi connectivity index (χ2v) is 11.6. The van der Waals surface area contributed by atoms with Crippen molar-refractivity contribution in [3.05, 3.63) is 48.6 Å². The number of likely N-dealkylation sites (N-methyl/N-ethyl adjacent to an activating group) is 1. The van der Waals surface area contributed by atoms with Gasteiger partial charge < -0.3 is 25.8 Å². The lowest BCUT2D eigenvalue weighted by Crippen LogP contribution is -2.57. The van der Waals surface area contributed by atoms with E-state index < -0.39 is 5.54 Å². The zero-order chi connectivity index (χ0) is 27.4. The molecule has 3 aliphatic rings. The fourth-order valence-electron chi connectivity index (χ4n) is 6.14. The Bertz CT molecular complexity index is 1010. The van der Waals surface area contributed by atoms with Gasteiger partial charge in [-0.05, 0) is 65.3 Å². The van der Waals surface area contributed by atoms with E-state index in [0.29, 0.717) is 13.1 Å². The lowest BCUT2D eigenvalue weighted by molar-refractivity contribution is -0.127. The molecule has 1 aliphatic carbocycles. The molecule has 4 amide bonds. The van der Waals surface area contributed by atoms with Crippen LogP contribution < -0.4 is 26.8 Å². The second kappa shape index (κ2) is 11.8. The molecule has 1 aromatic carbocycles. The molecule has 4 rings (SSSR count). The lowest BCUT2D eigenvalue weighted by Gasteiger charge is -2.37. The molecule has 4 atom stereocenters. The summed E-state index contributed by atoms with van der Waals surface area (Å²) in [6.07, 6.45) is 4.02. The van der Waals surface area contributed by atoms with Crippen molar-refractivity contribution >= 4 is 17.8 Å². The van der Waals surface area contributed by atoms with Crippen LogP contribution in [0.1, 0.15) is 51.1 Å². The number of fused-ring (bicyclic) bond motifs is 1. The fourth-order valence-corrected chi connectivity index (χ4v) is 6.14. The summed E-state index contributed by atoms with van der Waals surface area (Å²) in [5, 5.41) is 9.38. The Balaban J connectivity index is 1.36. The van der Waals surface area contributed by atoms with E-state index in [4.69, 9.17) is 0 Å². The molecule has 0 aromatic heterocycles. The molecule has 1 saturated carbocycles. The Morgan fingerprint density at radius 2 is 1.79 bits per heavy atom. The van der Waals surface area contributed by atoms with E-state index in [2.05, 4.69) is 52.1 Å². The number of urea groups is 1. The molecular weight excluding hydrogens is 482 g/mol. The number of hydrogen-bond acceptors (Lipinski definition) is 6. The van der Waals surface area contributed by atoms with E-state index in [1.54, 1.807) is 0 Å². The summed E-state index contributed by atoms with van der Waals surface area (Å²) in [7, 11) is 4.00. The highest BCUT2D eigenvalue weighted by atomic mass is 16.2. The molecule has 208 valence electrons. The van der Waals surface area contributed by atoms with E-state index in [1.165, 1.54) is 6.08 Å². The number of nitrogens with zero attached hydrogens (tertiary/aromatic N) is 2. The van der Waals surface area contributed by atoms with Crippen LogP contribution in [0.25, 0.3) is 0 Å². The van der Waals surface area contributed by atoms with Crippen LogP contribution >= 0.6 is 0 Å². The average Bonchev–Trinajstić information content (AvgIpc) is 3.41. The predicted octanol–water partition coefficient (Wildman–Crippen LogP) is 1.49. The van der Waals surface area contributed by atoms with Gasteiger partial charge in [0.25, 0.3) is 0 Å². The zero-order valence-electron chi connectivity index (χ0n) is 23.0. The smallest absolute Gasteiger partial charge is 0.318 e. The summed E-state index contributed by atoms with van der Waals surface area (Å²) in [5.74, 6) is -0.195. The molecule has 3 unspecified atom stereocenters. The normalized spacial score (nSPS) is 28.9. The van der Waals surface area contributed by atoms with E-state index in [9.17, 15) is 14.4 Å². The van der Waals surface area contributed by atoms with Crippen LogP contribution in [-0.4, -0.2) is 78.6 Å². The summed E-state index contributed by atoms with van der Waals surface area (Å²) < 4.78 is 0. The van der Waals surface area contributed by atoms with Crippen molar-refractivity contribution in [1.29, 1.82) is 0 Å². The second-order valence-electron chi connectivity index (χ2n) is 11.6. The van der Waals surface area contributed by atoms with Crippen LogP contribution in [0.3, 0.4) is 0 Å². The Hall–Kier alpha value is -2.95. The molecular formula is C28H43N7O3. The number of benzene rings is 1. The van der Waals surface area contributed by atoms with E-state index in [-0.39, 0.29) is 54.0 Å². The van der Waals surface area contributed by atoms with Gasteiger partial charge in [-0.2, -0.15) is 0 Å². The van der Waals surface area contributed by atoms with E-state index in [0.717, 1.165) is 31.2 Å². The molecule has 2 aliphatic heterocycles. The Morgan fingerprint density at radius 1 is 1.11 bits per heavy atom. The van der Waals surface area contributed by atoms with Gasteiger partial charge in [-0.1, -0.05) is 36.9 Å². The van der Waals surface area contributed by atoms with Crippen LogP contribution in [0.4, 0.5) is 4.79 Å². The monoisotopic (exact) mass is 525 g/mol. The highest BCUT2D eigenvalue weighted by molar-refractivity contribution is 5.87. The van der Waals surface area contributed by atoms with Gasteiger partial charge in [0, 0.05) is 31.0 Å². The third-order valence-corrected chi connectivity index (χ3v) is 8.32. The summed E-state index contributed by atoms with van der Waals surface area (Å²) >= 11 is 0. The highest BCUT2D eigenvalue weighted by Crippen LogP contribution is 2.37. The lowest BCUT2D eigenvalue weighted by atomic mass is 9.85. The third-order valence-electron chi connectivity index (χ3n) is 8.32. The Kier molecular flexibility index (Phi) is 8.74. The molecule has 38 heavy (non-hydrogen) atoms. The minimum Gasteiger partial charge on any atom is -0.350 e. The number of carbonyl (C=O) groups is 3. The van der Waals surface area contributed by atoms with Gasteiger partial charge in [-0.25, -0.2) is 10.2 Å². The van der Waals surface area contributed by atoms with Gasteiger partial charge >= 0.3 is 6.03 Å². The summed E-state index contributed by atoms with van der Waals surface area (Å²) in [6, 6.07) is 9.87. The minimum absolute atomic E-state index is 0.00701. The number of likely N-dealkylation sites (tertiary alicyclic amines) is 1. The number of hydrazine groups is 1. The first kappa shape index (κ1) is 28.1. The first-order valence-corrected chi connectivity index (χ1v) is 13.6. The van der Waals surface area contributed by atoms with Crippen LogP contribution in [0.5, 0.6) is 0 Å². The molecule has 2 heterocycles. The van der Waals surface area contributed by atoms with Crippen molar-refractivity contribution in [3.8, 4) is 0 Å². The molecule has 2 saturated heterocycles. The molecule has 10 heteroatoms. The quantitative estimate of drug-likeness (QED) is 0.328. The maximum Gasteiger partial charge on any atom is 0.318 e. The molecule has 1 aromatic rings. The van der Waals surface area contributed by atoms with Crippen LogP contribution in [-0.2, 0) is 9.59 Å². The number of amides is 4. The Morgan fingerprint density at radius 3 is 2.42 bits per heavy atom. The number of nitrogens with one attached hydrogen (secondary N) is 5. The van der Waals surface area contributed by atoms with Crippen molar-refractivity contribution in [2.24, 2.45) is 11.8 Å². The van der Waals surface area contributed by atoms with Gasteiger partial charge in [0.1, 0.15) is 0 Å². The van der Waals surface area contributed by atoms with Gasteiger partial charge in [-0.3, -0.25) is 15.0 Å². The molecule has 3 fully saturated rings. The maximum absolute atomic E-state index is 13.6. The summed E-state index contributed by atoms with van der Waals surface area (Å²) in [5.41, 5.74) is 7.23. The molecule has 5 N–H and O–H groups in total. The van der Waals surface area contributed by atoms with Crippen molar-refractivity contribution in [2.75, 3.05) is 27.2 Å². The Labute approximate surface area is 225 Å². The largest absolute Gasteiger partial charge is 0.350 e. The summed E-state index contributed by atoms with van der Waals surface area (Å²) in [6.45, 7) is 8.85. The van der Waals surface area contributed by atoms with Crippen molar-refractivity contribution in [1.82, 2.24) is 36.6 Å². The zero-order valence-corrected chi connectivity index (χ0v) is 23.0. The van der Waals surface area contributed by atoms with E-state index >= 15 is 0 Å². The molecule has 10 nitrogen and oxygen atoms in total. The maximum atomic E-state index is 13.6. The number of carbonyl (C=O) groups excluding carboxylic acids is 3. The average molecular weight is 526 g/mol. The van der Waals surface area contributed by atoms with Crippen LogP contribution in [0.15, 0.2) is 43.0 Å². The molecule has 0 spiro atoms. The standard InChI is InChI=1S/C28H43N7O3/c1-6-23(36)29-20-14-12-19(13-15-20)26(37)31-25-21-16-35(28(2,3)24(21)32-33-25)27(38)30-22(17-34(4)5)18-10-8-7-9-11-18/h6-11,19-22,24-25,32-33H,1,12-17H2,2-5H3,(H,29,36)(H,30,38)(H,31,37)/t19?,20?,21?,22-,24?,25?/m1/s1. The minimum atomic E-state index is -0.456. The topological polar surface area (TPSA) is 118 Å². The predicted molar refractivity (Wildman–Crippen MR) is 147 cm³/mol. The highest BCUT2D eigenvalue weighted by Gasteiger charge is 2.55. The SMILES string of the molecule is C=CC(=O)NC1CCC(C(=O)NC2NNC3C2CN(C(=O)N[C@H](CN(C)C)c2ccccc2)C3(C)C)CC1. The molecule has 0 bridgehead atoms. The van der Waals surface area contributed by atoms with Crippen molar-refractivity contribution < 1.29 is 14.4 Å². The van der Waals surface area contributed by atoms with Gasteiger partial charge in [0.2, 0.25) is 11.8 Å². The first-order valence-electron chi connectivity index (χ1n) is 13.6. The van der Waals surface area contributed by atoms with Crippen molar-refractivity contribution in [3.63, 3.8) is 0 Å². The van der Waals surface area contributed by atoms with Gasteiger partial charge in [0.15, 0.2) is 0 Å². The summed E-state index contributed by atoms with van der Waals surface area (Å²) in [4.78, 5) is 42.3. The molecule has 0 radical (unpaired) electrons. The number of rotatable bonds is 8. The number of hydrogen-bond donors (Lipinski definition) is 5. The fraction of sp³-hybridized carbons (Fsp3) is 0.607. The van der Waals surface area contributed by atoms with Crippen LogP contribution in [0, 0.1) is 11.8 Å².